The summed E-state index contributed by atoms with van der Waals surface area (Å²) in [4.78, 5) is 29.7. The lowest BCUT2D eigenvalue weighted by molar-refractivity contribution is 0.0977. The molecule has 2 amide bonds. The van der Waals surface area contributed by atoms with Crippen LogP contribution in [0.15, 0.2) is 11.2 Å². The van der Waals surface area contributed by atoms with Crippen LogP contribution >= 0.6 is 11.8 Å². The monoisotopic (exact) mass is 240 g/mol. The predicted octanol–water partition coefficient (Wildman–Crippen LogP) is 0.175. The van der Waals surface area contributed by atoms with Crippen LogP contribution in [0.5, 0.6) is 0 Å². The van der Waals surface area contributed by atoms with E-state index >= 15 is 0 Å². The van der Waals surface area contributed by atoms with Gasteiger partial charge < -0.3 is 11.5 Å². The number of carbonyl (C=O) groups is 2. The maximum absolute atomic E-state index is 11.1. The van der Waals surface area contributed by atoms with Gasteiger partial charge in [-0.15, -0.1) is 11.8 Å². The molecule has 0 saturated carbocycles. The maximum atomic E-state index is 11.1. The van der Waals surface area contributed by atoms with Crippen LogP contribution in [0, 0.1) is 0 Å². The summed E-state index contributed by atoms with van der Waals surface area (Å²) in [5.74, 6) is -1.36. The Balaban J connectivity index is 3.21. The molecule has 16 heavy (non-hydrogen) atoms. The fraction of sp³-hybridized carbons (Fsp3) is 0.333. The van der Waals surface area contributed by atoms with E-state index in [4.69, 9.17) is 11.5 Å². The molecule has 0 atom stereocenters. The molecule has 0 aliphatic heterocycles. The number of nitrogens with zero attached hydrogens (tertiary/aromatic N) is 2. The molecule has 0 spiro atoms. The first-order valence-electron chi connectivity index (χ1n) is 4.55. The summed E-state index contributed by atoms with van der Waals surface area (Å²) in [5, 5.41) is 0.523. The van der Waals surface area contributed by atoms with Crippen molar-refractivity contribution in [2.75, 3.05) is 0 Å². The molecule has 0 aliphatic carbocycles. The Morgan fingerprint density at radius 3 is 2.38 bits per heavy atom. The first-order valence-corrected chi connectivity index (χ1v) is 5.43. The topological polar surface area (TPSA) is 112 Å². The number of rotatable bonds is 4. The third kappa shape index (κ3) is 2.93. The highest BCUT2D eigenvalue weighted by Crippen LogP contribution is 2.23. The molecule has 6 nitrogen and oxygen atoms in total. The van der Waals surface area contributed by atoms with Gasteiger partial charge in [-0.3, -0.25) is 9.59 Å². The minimum Gasteiger partial charge on any atom is -0.364 e. The largest absolute Gasteiger partial charge is 0.364 e. The average Bonchev–Trinajstić information content (AvgIpc) is 2.15. The number of amides is 2. The lowest BCUT2D eigenvalue weighted by Gasteiger charge is -2.07. The van der Waals surface area contributed by atoms with E-state index < -0.39 is 11.8 Å². The van der Waals surface area contributed by atoms with Gasteiger partial charge in [0.15, 0.2) is 5.69 Å². The van der Waals surface area contributed by atoms with E-state index in [1.165, 1.54) is 11.8 Å². The van der Waals surface area contributed by atoms with Gasteiger partial charge in [0.25, 0.3) is 11.8 Å². The van der Waals surface area contributed by atoms with Crippen LogP contribution in [0.1, 0.15) is 34.8 Å². The molecule has 1 heterocycles. The fourth-order valence-electron chi connectivity index (χ4n) is 0.965. The molecule has 1 aromatic rings. The highest BCUT2D eigenvalue weighted by Gasteiger charge is 2.16. The van der Waals surface area contributed by atoms with Gasteiger partial charge in [0, 0.05) is 5.25 Å². The third-order valence-corrected chi connectivity index (χ3v) is 2.55. The van der Waals surface area contributed by atoms with Crippen LogP contribution in [-0.2, 0) is 0 Å². The van der Waals surface area contributed by atoms with Crippen molar-refractivity contribution in [1.29, 1.82) is 0 Å². The second-order valence-electron chi connectivity index (χ2n) is 3.30. The molecule has 4 N–H and O–H groups in total. The second kappa shape index (κ2) is 4.93. The van der Waals surface area contributed by atoms with Crippen LogP contribution in [0.4, 0.5) is 0 Å². The van der Waals surface area contributed by atoms with Gasteiger partial charge in [-0.2, -0.15) is 0 Å². The molecule has 86 valence electrons. The molecule has 0 saturated heterocycles. The molecule has 0 unspecified atom stereocenters. The van der Waals surface area contributed by atoms with Crippen molar-refractivity contribution in [2.24, 2.45) is 11.5 Å². The Bertz CT molecular complexity index is 434. The van der Waals surface area contributed by atoms with Gasteiger partial charge in [-0.25, -0.2) is 9.97 Å². The molecule has 7 heteroatoms. The Labute approximate surface area is 96.8 Å². The van der Waals surface area contributed by atoms with Gasteiger partial charge in [-0.1, -0.05) is 13.8 Å². The molecule has 0 fully saturated rings. The van der Waals surface area contributed by atoms with Crippen LogP contribution in [0.25, 0.3) is 0 Å². The van der Waals surface area contributed by atoms with Gasteiger partial charge in [-0.05, 0) is 0 Å². The Hall–Kier alpha value is -1.63. The minimum absolute atomic E-state index is 0.0214. The predicted molar refractivity (Wildman–Crippen MR) is 60.1 cm³/mol. The molecule has 1 rings (SSSR count). The van der Waals surface area contributed by atoms with Crippen molar-refractivity contribution in [2.45, 2.75) is 24.1 Å². The van der Waals surface area contributed by atoms with Gasteiger partial charge in [0.05, 0.1) is 6.20 Å². The highest BCUT2D eigenvalue weighted by atomic mass is 32.2. The number of aromatic nitrogens is 2. The van der Waals surface area contributed by atoms with E-state index in [1.807, 2.05) is 13.8 Å². The molecule has 0 aliphatic rings. The molecular formula is C9H12N4O2S. The maximum Gasteiger partial charge on any atom is 0.270 e. The van der Waals surface area contributed by atoms with Crippen molar-refractivity contribution in [3.63, 3.8) is 0 Å². The van der Waals surface area contributed by atoms with Crippen molar-refractivity contribution >= 4 is 23.6 Å². The van der Waals surface area contributed by atoms with Crippen molar-refractivity contribution in [3.05, 3.63) is 17.6 Å². The first-order chi connectivity index (χ1) is 7.41. The third-order valence-electron chi connectivity index (χ3n) is 1.57. The summed E-state index contributed by atoms with van der Waals surface area (Å²) >= 11 is 1.30. The lowest BCUT2D eigenvalue weighted by atomic mass is 10.4. The van der Waals surface area contributed by atoms with Crippen LogP contribution in [0.3, 0.4) is 0 Å². The number of nitrogens with two attached hydrogens (primary N) is 2. The van der Waals surface area contributed by atoms with E-state index in [0.717, 1.165) is 6.20 Å². The van der Waals surface area contributed by atoms with E-state index in [-0.39, 0.29) is 16.6 Å². The number of carbonyl (C=O) groups excluding carboxylic acids is 2. The zero-order valence-corrected chi connectivity index (χ0v) is 9.75. The quantitative estimate of drug-likeness (QED) is 0.729. The molecular weight excluding hydrogens is 228 g/mol. The minimum atomic E-state index is -0.686. The van der Waals surface area contributed by atoms with Crippen molar-refractivity contribution in [3.8, 4) is 0 Å². The Morgan fingerprint density at radius 1 is 1.31 bits per heavy atom. The smallest absolute Gasteiger partial charge is 0.270 e. The van der Waals surface area contributed by atoms with Crippen LogP contribution < -0.4 is 11.5 Å². The SMILES string of the molecule is CC(C)Sc1nc(C(N)=O)cnc1C(N)=O. The zero-order valence-electron chi connectivity index (χ0n) is 8.93. The molecule has 0 bridgehead atoms. The van der Waals surface area contributed by atoms with E-state index in [1.54, 1.807) is 0 Å². The summed E-state index contributed by atoms with van der Waals surface area (Å²) in [5.41, 5.74) is 10.3. The van der Waals surface area contributed by atoms with E-state index in [9.17, 15) is 9.59 Å². The van der Waals surface area contributed by atoms with E-state index in [2.05, 4.69) is 9.97 Å². The Morgan fingerprint density at radius 2 is 1.94 bits per heavy atom. The van der Waals surface area contributed by atoms with Crippen molar-refractivity contribution < 1.29 is 9.59 Å². The molecule has 0 radical (unpaired) electrons. The first kappa shape index (κ1) is 12.4. The zero-order chi connectivity index (χ0) is 12.3. The number of primary amides is 2. The summed E-state index contributed by atoms with van der Waals surface area (Å²) in [6.45, 7) is 3.85. The van der Waals surface area contributed by atoms with Gasteiger partial charge >= 0.3 is 0 Å². The lowest BCUT2D eigenvalue weighted by Crippen LogP contribution is -2.19. The standard InChI is InChI=1S/C9H12N4O2S/c1-4(2)16-9-6(8(11)15)12-3-5(13-9)7(10)14/h3-4H,1-2H3,(H2,10,14)(H2,11,15). The second-order valence-corrected chi connectivity index (χ2v) is 4.87. The van der Waals surface area contributed by atoms with Gasteiger partial charge in [0.1, 0.15) is 10.7 Å². The van der Waals surface area contributed by atoms with E-state index in [0.29, 0.717) is 5.03 Å². The fourth-order valence-corrected chi connectivity index (χ4v) is 1.83. The van der Waals surface area contributed by atoms with Crippen LogP contribution in [0.2, 0.25) is 0 Å². The number of hydrogen-bond acceptors (Lipinski definition) is 5. The number of hydrogen-bond donors (Lipinski definition) is 2. The normalized spacial score (nSPS) is 10.4. The highest BCUT2D eigenvalue weighted by molar-refractivity contribution is 7.99. The van der Waals surface area contributed by atoms with Crippen LogP contribution in [-0.4, -0.2) is 27.0 Å². The summed E-state index contributed by atoms with van der Waals surface area (Å²) in [6.07, 6.45) is 1.15. The summed E-state index contributed by atoms with van der Waals surface area (Å²) < 4.78 is 0. The molecule has 0 aromatic carbocycles. The summed E-state index contributed by atoms with van der Waals surface area (Å²) in [6, 6.07) is 0. The molecule has 1 aromatic heterocycles. The van der Waals surface area contributed by atoms with Gasteiger partial charge in [0.2, 0.25) is 0 Å². The summed E-state index contributed by atoms with van der Waals surface area (Å²) in [7, 11) is 0. The van der Waals surface area contributed by atoms with Crippen molar-refractivity contribution in [1.82, 2.24) is 9.97 Å². The average molecular weight is 240 g/mol. The number of thioether (sulfide) groups is 1. The Kier molecular flexibility index (Phi) is 3.83.